The zero-order valence-corrected chi connectivity index (χ0v) is 13.2. The molecule has 0 radical (unpaired) electrons. The first-order valence-corrected chi connectivity index (χ1v) is 8.81. The van der Waals surface area contributed by atoms with Crippen LogP contribution < -0.4 is 5.32 Å². The number of nitrogens with one attached hydrogen (secondary N) is 1. The number of carboxylic acid groups (broad SMARTS) is 1. The quantitative estimate of drug-likeness (QED) is 0.886. The third-order valence-corrected chi connectivity index (χ3v) is 6.98. The van der Waals surface area contributed by atoms with Crippen LogP contribution in [-0.4, -0.2) is 22.1 Å². The Kier molecular flexibility index (Phi) is 3.03. The van der Waals surface area contributed by atoms with Crippen molar-refractivity contribution in [1.29, 1.82) is 0 Å². The number of anilines is 1. The molecule has 0 amide bonds. The number of carboxylic acids is 1. The van der Waals surface area contributed by atoms with Gasteiger partial charge in [-0.15, -0.1) is 0 Å². The average Bonchev–Trinajstić information content (AvgIpc) is 2.85. The Morgan fingerprint density at radius 3 is 2.38 bits per heavy atom. The number of hydrogen-bond donors (Lipinski definition) is 2. The molecule has 1 heterocycles. The maximum absolute atomic E-state index is 11.0. The van der Waals surface area contributed by atoms with Crippen molar-refractivity contribution in [3.05, 3.63) is 11.1 Å². The molecule has 5 heteroatoms. The topological polar surface area (TPSA) is 62.2 Å². The predicted octanol–water partition coefficient (Wildman–Crippen LogP) is 3.86. The van der Waals surface area contributed by atoms with E-state index in [1.54, 1.807) is 0 Å². The van der Waals surface area contributed by atoms with Gasteiger partial charge < -0.3 is 10.4 Å². The summed E-state index contributed by atoms with van der Waals surface area (Å²) in [5.41, 5.74) is 0.420. The summed E-state index contributed by atoms with van der Waals surface area (Å²) in [6, 6.07) is 0.388. The van der Waals surface area contributed by atoms with Gasteiger partial charge in [0.2, 0.25) is 0 Å². The average molecular weight is 306 g/mol. The molecule has 4 aliphatic rings. The molecule has 0 aromatic carbocycles. The maximum Gasteiger partial charge on any atom is 0.347 e. The van der Waals surface area contributed by atoms with E-state index >= 15 is 0 Å². The molecular weight excluding hydrogens is 284 g/mol. The first-order chi connectivity index (χ1) is 10.0. The van der Waals surface area contributed by atoms with Crippen molar-refractivity contribution >= 4 is 22.4 Å². The molecule has 4 aliphatic carbocycles. The molecule has 4 nitrogen and oxygen atoms in total. The minimum atomic E-state index is -0.886. The Morgan fingerprint density at radius 2 is 1.90 bits per heavy atom. The van der Waals surface area contributed by atoms with Crippen molar-refractivity contribution in [2.24, 2.45) is 23.2 Å². The summed E-state index contributed by atoms with van der Waals surface area (Å²) in [7, 11) is 0. The number of hydrogen-bond acceptors (Lipinski definition) is 4. The minimum absolute atomic E-state index is 0.315. The van der Waals surface area contributed by atoms with Crippen molar-refractivity contribution in [1.82, 2.24) is 4.98 Å². The van der Waals surface area contributed by atoms with Gasteiger partial charge in [-0.1, -0.05) is 11.3 Å². The van der Waals surface area contributed by atoms with Crippen LogP contribution in [0.3, 0.4) is 0 Å². The van der Waals surface area contributed by atoms with Crippen molar-refractivity contribution in [2.75, 3.05) is 5.32 Å². The molecule has 1 aromatic rings. The van der Waals surface area contributed by atoms with Gasteiger partial charge in [-0.3, -0.25) is 0 Å². The van der Waals surface area contributed by atoms with E-state index in [1.165, 1.54) is 56.1 Å². The lowest BCUT2D eigenvalue weighted by Crippen LogP contribution is -2.52. The maximum atomic E-state index is 11.0. The summed E-state index contributed by atoms with van der Waals surface area (Å²) in [6.07, 6.45) is 9.87. The predicted molar refractivity (Wildman–Crippen MR) is 82.8 cm³/mol. The highest BCUT2D eigenvalue weighted by Crippen LogP contribution is 2.61. The van der Waals surface area contributed by atoms with Crippen LogP contribution in [0.15, 0.2) is 6.20 Å². The summed E-state index contributed by atoms with van der Waals surface area (Å²) in [5.74, 6) is 1.92. The second kappa shape index (κ2) is 4.70. The zero-order valence-electron chi connectivity index (χ0n) is 12.3. The van der Waals surface area contributed by atoms with Crippen LogP contribution in [-0.2, 0) is 0 Å². The smallest absolute Gasteiger partial charge is 0.347 e. The Morgan fingerprint density at radius 1 is 1.33 bits per heavy atom. The van der Waals surface area contributed by atoms with E-state index < -0.39 is 5.97 Å². The van der Waals surface area contributed by atoms with Gasteiger partial charge in [-0.25, -0.2) is 9.78 Å². The Hall–Kier alpha value is -1.10. The Balaban J connectivity index is 1.51. The number of nitrogens with zero attached hydrogens (tertiary/aromatic N) is 1. The third kappa shape index (κ3) is 2.26. The van der Waals surface area contributed by atoms with Crippen molar-refractivity contribution in [2.45, 2.75) is 51.5 Å². The van der Waals surface area contributed by atoms with Gasteiger partial charge in [0.25, 0.3) is 0 Å². The Labute approximate surface area is 129 Å². The molecule has 0 aliphatic heterocycles. The monoisotopic (exact) mass is 306 g/mol. The lowest BCUT2D eigenvalue weighted by molar-refractivity contribution is -0.0602. The van der Waals surface area contributed by atoms with E-state index in [9.17, 15) is 4.79 Å². The highest BCUT2D eigenvalue weighted by molar-refractivity contribution is 7.17. The summed E-state index contributed by atoms with van der Waals surface area (Å²) < 4.78 is 0. The van der Waals surface area contributed by atoms with Gasteiger partial charge in [-0.05, 0) is 68.6 Å². The SMILES string of the molecule is CC(Nc1ncc(C(=O)O)s1)C12CC3CC(CC(C3)C1)C2. The molecular formula is C16H22N2O2S. The molecule has 4 saturated carbocycles. The minimum Gasteiger partial charge on any atom is -0.477 e. The molecule has 0 saturated heterocycles. The van der Waals surface area contributed by atoms with Gasteiger partial charge >= 0.3 is 5.97 Å². The van der Waals surface area contributed by atoms with Gasteiger partial charge in [0.1, 0.15) is 4.88 Å². The van der Waals surface area contributed by atoms with Gasteiger partial charge in [0.15, 0.2) is 5.13 Å². The fraction of sp³-hybridized carbons (Fsp3) is 0.750. The summed E-state index contributed by atoms with van der Waals surface area (Å²) >= 11 is 1.25. The van der Waals surface area contributed by atoms with Crippen LogP contribution in [0.2, 0.25) is 0 Å². The third-order valence-electron chi connectivity index (χ3n) is 6.06. The first kappa shape index (κ1) is 13.6. The first-order valence-electron chi connectivity index (χ1n) is 8.00. The van der Waals surface area contributed by atoms with Crippen LogP contribution in [0.1, 0.15) is 55.1 Å². The number of thiazole rings is 1. The summed E-state index contributed by atoms with van der Waals surface area (Å²) in [4.78, 5) is 15.5. The van der Waals surface area contributed by atoms with E-state index in [0.29, 0.717) is 16.3 Å². The number of carbonyl (C=O) groups is 1. The number of aromatic carboxylic acids is 1. The number of rotatable bonds is 4. The lowest BCUT2D eigenvalue weighted by atomic mass is 9.48. The lowest BCUT2D eigenvalue weighted by Gasteiger charge is -2.59. The van der Waals surface area contributed by atoms with Crippen molar-refractivity contribution < 1.29 is 9.90 Å². The fourth-order valence-electron chi connectivity index (χ4n) is 5.49. The molecule has 1 aromatic heterocycles. The van der Waals surface area contributed by atoms with Gasteiger partial charge in [0, 0.05) is 6.04 Å². The molecule has 21 heavy (non-hydrogen) atoms. The van der Waals surface area contributed by atoms with Crippen LogP contribution in [0, 0.1) is 23.2 Å². The second-order valence-corrected chi connectivity index (χ2v) is 8.51. The molecule has 114 valence electrons. The van der Waals surface area contributed by atoms with Crippen molar-refractivity contribution in [3.8, 4) is 0 Å². The van der Waals surface area contributed by atoms with E-state index in [-0.39, 0.29) is 0 Å². The molecule has 2 N–H and O–H groups in total. The largest absolute Gasteiger partial charge is 0.477 e. The van der Waals surface area contributed by atoms with E-state index in [2.05, 4.69) is 17.2 Å². The normalized spacial score (nSPS) is 38.4. The van der Waals surface area contributed by atoms with Gasteiger partial charge in [0.05, 0.1) is 6.20 Å². The van der Waals surface area contributed by atoms with Crippen LogP contribution in [0.25, 0.3) is 0 Å². The Bertz CT molecular complexity index is 533. The zero-order chi connectivity index (χ0) is 14.6. The summed E-state index contributed by atoms with van der Waals surface area (Å²) in [5, 5.41) is 13.3. The molecule has 5 rings (SSSR count). The second-order valence-electron chi connectivity index (χ2n) is 7.48. The van der Waals surface area contributed by atoms with Gasteiger partial charge in [-0.2, -0.15) is 0 Å². The van der Waals surface area contributed by atoms with E-state index in [4.69, 9.17) is 5.11 Å². The van der Waals surface area contributed by atoms with E-state index in [0.717, 1.165) is 22.9 Å². The van der Waals surface area contributed by atoms with Crippen LogP contribution in [0.5, 0.6) is 0 Å². The highest BCUT2D eigenvalue weighted by Gasteiger charge is 2.53. The summed E-state index contributed by atoms with van der Waals surface area (Å²) in [6.45, 7) is 2.27. The number of aromatic nitrogens is 1. The fourth-order valence-corrected chi connectivity index (χ4v) is 6.23. The molecule has 4 fully saturated rings. The van der Waals surface area contributed by atoms with Crippen molar-refractivity contribution in [3.63, 3.8) is 0 Å². The van der Waals surface area contributed by atoms with Crippen LogP contribution in [0.4, 0.5) is 5.13 Å². The molecule has 1 unspecified atom stereocenters. The van der Waals surface area contributed by atoms with E-state index in [1.807, 2.05) is 0 Å². The molecule has 4 bridgehead atoms. The van der Waals surface area contributed by atoms with Crippen LogP contribution >= 0.6 is 11.3 Å². The molecule has 1 atom stereocenters. The highest BCUT2D eigenvalue weighted by atomic mass is 32.1. The standard InChI is InChI=1S/C16H22N2O2S/c1-9(18-15-17-8-13(21-15)14(19)20)16-5-10-2-11(6-16)4-12(3-10)7-16/h8-12H,2-7H2,1H3,(H,17,18)(H,19,20). The molecule has 0 spiro atoms.